The van der Waals surface area contributed by atoms with Gasteiger partial charge in [0.2, 0.25) is 0 Å². The molecule has 4 saturated carbocycles. The predicted molar refractivity (Wildman–Crippen MR) is 107 cm³/mol. The molecule has 8 unspecified atom stereocenters. The van der Waals surface area contributed by atoms with E-state index in [1.165, 1.54) is 44.9 Å². The molecule has 0 aromatic carbocycles. The van der Waals surface area contributed by atoms with E-state index in [0.29, 0.717) is 29.1 Å². The summed E-state index contributed by atoms with van der Waals surface area (Å²) in [7, 11) is 0. The summed E-state index contributed by atoms with van der Waals surface area (Å²) in [5.74, 6) is 3.91. The van der Waals surface area contributed by atoms with Crippen molar-refractivity contribution in [3.8, 4) is 0 Å². The molecule has 4 rings (SSSR count). The maximum absolute atomic E-state index is 11.0. The Labute approximate surface area is 165 Å². The molecule has 27 heavy (non-hydrogen) atoms. The van der Waals surface area contributed by atoms with E-state index in [0.717, 1.165) is 42.9 Å². The van der Waals surface area contributed by atoms with Crippen molar-refractivity contribution in [1.29, 1.82) is 0 Å². The first-order valence-electron chi connectivity index (χ1n) is 11.7. The largest absolute Gasteiger partial charge is 0.481 e. The van der Waals surface area contributed by atoms with Crippen molar-refractivity contribution >= 4 is 5.97 Å². The number of carbonyl (C=O) groups is 1. The molecule has 2 N–H and O–H groups in total. The number of aliphatic hydroxyl groups is 1. The van der Waals surface area contributed by atoms with Crippen molar-refractivity contribution < 1.29 is 15.0 Å². The minimum atomic E-state index is -0.643. The van der Waals surface area contributed by atoms with Crippen molar-refractivity contribution in [2.75, 3.05) is 0 Å². The van der Waals surface area contributed by atoms with E-state index >= 15 is 0 Å². The Morgan fingerprint density at radius 3 is 2.44 bits per heavy atom. The van der Waals surface area contributed by atoms with Crippen LogP contribution in [0.15, 0.2) is 0 Å². The van der Waals surface area contributed by atoms with E-state index < -0.39 is 5.97 Å². The van der Waals surface area contributed by atoms with E-state index in [1.807, 2.05) is 0 Å². The second kappa shape index (κ2) is 7.04. The zero-order valence-corrected chi connectivity index (χ0v) is 17.6. The average molecular weight is 377 g/mol. The van der Waals surface area contributed by atoms with Crippen molar-refractivity contribution in [1.82, 2.24) is 0 Å². The van der Waals surface area contributed by atoms with Crippen LogP contribution in [0.5, 0.6) is 0 Å². The topological polar surface area (TPSA) is 57.5 Å². The molecule has 0 aromatic rings. The van der Waals surface area contributed by atoms with Gasteiger partial charge >= 0.3 is 5.97 Å². The van der Waals surface area contributed by atoms with Crippen LogP contribution in [0, 0.1) is 46.3 Å². The van der Waals surface area contributed by atoms with Gasteiger partial charge in [-0.1, -0.05) is 20.8 Å². The normalized spacial score (nSPS) is 50.4. The molecule has 0 heterocycles. The summed E-state index contributed by atoms with van der Waals surface area (Å²) < 4.78 is 0. The Hall–Kier alpha value is -0.570. The van der Waals surface area contributed by atoms with Crippen LogP contribution < -0.4 is 0 Å². The van der Waals surface area contributed by atoms with Gasteiger partial charge in [0.05, 0.1) is 6.10 Å². The first-order chi connectivity index (χ1) is 12.8. The van der Waals surface area contributed by atoms with E-state index in [4.69, 9.17) is 5.11 Å². The zero-order chi connectivity index (χ0) is 19.4. The number of fused-ring (bicyclic) bond motifs is 5. The van der Waals surface area contributed by atoms with E-state index in [2.05, 4.69) is 20.8 Å². The molecule has 0 radical (unpaired) electrons. The minimum absolute atomic E-state index is 0.0561. The van der Waals surface area contributed by atoms with Gasteiger partial charge < -0.3 is 10.2 Å². The first-order valence-corrected chi connectivity index (χ1v) is 11.7. The number of hydrogen-bond acceptors (Lipinski definition) is 2. The summed E-state index contributed by atoms with van der Waals surface area (Å²) in [5, 5.41) is 19.3. The van der Waals surface area contributed by atoms with E-state index in [-0.39, 0.29) is 6.10 Å². The van der Waals surface area contributed by atoms with Gasteiger partial charge in [-0.05, 0) is 111 Å². The van der Waals surface area contributed by atoms with Crippen LogP contribution in [0.25, 0.3) is 0 Å². The van der Waals surface area contributed by atoms with Crippen LogP contribution in [-0.4, -0.2) is 22.3 Å². The minimum Gasteiger partial charge on any atom is -0.481 e. The third kappa shape index (κ3) is 3.16. The fourth-order valence-corrected chi connectivity index (χ4v) is 8.76. The third-order valence-corrected chi connectivity index (χ3v) is 10.2. The second-order valence-corrected chi connectivity index (χ2v) is 11.2. The molecule has 9 atom stereocenters. The number of aliphatic hydroxyl groups excluding tert-OH is 1. The van der Waals surface area contributed by atoms with E-state index in [9.17, 15) is 9.90 Å². The van der Waals surface area contributed by atoms with Gasteiger partial charge in [0.15, 0.2) is 0 Å². The fraction of sp³-hybridized carbons (Fsp3) is 0.958. The molecular formula is C24H40O3. The quantitative estimate of drug-likeness (QED) is 0.680. The Morgan fingerprint density at radius 2 is 1.70 bits per heavy atom. The molecule has 0 amide bonds. The first kappa shape index (κ1) is 19.7. The van der Waals surface area contributed by atoms with Gasteiger partial charge in [0.1, 0.15) is 0 Å². The number of aliphatic carboxylic acids is 1. The number of rotatable bonds is 4. The smallest absolute Gasteiger partial charge is 0.303 e. The summed E-state index contributed by atoms with van der Waals surface area (Å²) in [6, 6.07) is 0. The van der Waals surface area contributed by atoms with Crippen LogP contribution in [-0.2, 0) is 4.79 Å². The van der Waals surface area contributed by atoms with Crippen LogP contribution in [0.4, 0.5) is 0 Å². The number of carboxylic acids is 1. The summed E-state index contributed by atoms with van der Waals surface area (Å²) in [6.45, 7) is 7.43. The lowest BCUT2D eigenvalue weighted by molar-refractivity contribution is -0.138. The lowest BCUT2D eigenvalue weighted by atomic mass is 9.44. The monoisotopic (exact) mass is 376 g/mol. The Kier molecular flexibility index (Phi) is 5.15. The summed E-state index contributed by atoms with van der Waals surface area (Å²) in [6.07, 6.45) is 12.4. The van der Waals surface area contributed by atoms with Crippen LogP contribution in [0.2, 0.25) is 0 Å². The van der Waals surface area contributed by atoms with Gasteiger partial charge in [-0.25, -0.2) is 0 Å². The van der Waals surface area contributed by atoms with Crippen LogP contribution in [0.3, 0.4) is 0 Å². The standard InChI is InChI=1S/C24H40O3/c1-15(4-9-22(26)27)19-7-8-20-18-6-5-16-14-17(25)10-12-23(16,2)21(18)11-13-24(19,20)3/h15-21,25H,4-14H2,1-3H3,(H,26,27)/t15?,16?,17-,18?,19?,20?,21?,23?,24?/m1/s1. The molecule has 154 valence electrons. The van der Waals surface area contributed by atoms with Crippen molar-refractivity contribution in [2.45, 2.75) is 97.5 Å². The zero-order valence-electron chi connectivity index (χ0n) is 17.6. The Bertz CT molecular complexity index is 574. The van der Waals surface area contributed by atoms with Crippen molar-refractivity contribution in [3.05, 3.63) is 0 Å². The van der Waals surface area contributed by atoms with Gasteiger partial charge in [0, 0.05) is 6.42 Å². The molecule has 0 spiro atoms. The third-order valence-electron chi connectivity index (χ3n) is 10.2. The lowest BCUT2D eigenvalue weighted by Crippen LogP contribution is -2.54. The maximum atomic E-state index is 11.0. The Balaban J connectivity index is 1.51. The molecular weight excluding hydrogens is 336 g/mol. The highest BCUT2D eigenvalue weighted by molar-refractivity contribution is 5.66. The molecule has 0 aromatic heterocycles. The second-order valence-electron chi connectivity index (χ2n) is 11.2. The summed E-state index contributed by atoms with van der Waals surface area (Å²) in [5.41, 5.74) is 0.882. The molecule has 3 heteroatoms. The highest BCUT2D eigenvalue weighted by Crippen LogP contribution is 2.68. The van der Waals surface area contributed by atoms with E-state index in [1.54, 1.807) is 0 Å². The number of hydrogen-bond donors (Lipinski definition) is 2. The molecule has 0 bridgehead atoms. The molecule has 4 aliphatic rings. The van der Waals surface area contributed by atoms with Crippen LogP contribution >= 0.6 is 0 Å². The van der Waals surface area contributed by atoms with Gasteiger partial charge in [0.25, 0.3) is 0 Å². The SMILES string of the molecule is CC(CCC(=O)O)C1CCC2C3CCC4C[C@H](O)CCC4(C)C3CCC12C. The lowest BCUT2D eigenvalue weighted by Gasteiger charge is -2.61. The van der Waals surface area contributed by atoms with Gasteiger partial charge in [-0.15, -0.1) is 0 Å². The molecule has 4 aliphatic carbocycles. The van der Waals surface area contributed by atoms with Gasteiger partial charge in [-0.3, -0.25) is 4.79 Å². The van der Waals surface area contributed by atoms with Crippen molar-refractivity contribution in [3.63, 3.8) is 0 Å². The van der Waals surface area contributed by atoms with Crippen LogP contribution in [0.1, 0.15) is 91.4 Å². The highest BCUT2D eigenvalue weighted by atomic mass is 16.4. The molecule has 0 aliphatic heterocycles. The highest BCUT2D eigenvalue weighted by Gasteiger charge is 2.60. The summed E-state index contributed by atoms with van der Waals surface area (Å²) in [4.78, 5) is 11.0. The fourth-order valence-electron chi connectivity index (χ4n) is 8.76. The molecule has 0 saturated heterocycles. The molecule has 4 fully saturated rings. The predicted octanol–water partition coefficient (Wildman–Crippen LogP) is 5.51. The maximum Gasteiger partial charge on any atom is 0.303 e. The molecule has 3 nitrogen and oxygen atoms in total. The number of carboxylic acid groups (broad SMARTS) is 1. The Morgan fingerprint density at radius 1 is 1.00 bits per heavy atom. The van der Waals surface area contributed by atoms with Gasteiger partial charge in [-0.2, -0.15) is 0 Å². The van der Waals surface area contributed by atoms with Crippen molar-refractivity contribution in [2.24, 2.45) is 46.3 Å². The summed E-state index contributed by atoms with van der Waals surface area (Å²) >= 11 is 0. The average Bonchev–Trinajstić information content (AvgIpc) is 2.97.